The molecule has 0 aliphatic rings. The Kier molecular flexibility index (Phi) is 22.3. The summed E-state index contributed by atoms with van der Waals surface area (Å²) in [4.78, 5) is 32.8. The van der Waals surface area contributed by atoms with Crippen molar-refractivity contribution in [2.75, 3.05) is 26.2 Å². The summed E-state index contributed by atoms with van der Waals surface area (Å²) in [5, 5.41) is 27.0. The molecule has 0 aromatic rings. The zero-order valence-electron chi connectivity index (χ0n) is 22.9. The van der Waals surface area contributed by atoms with E-state index in [2.05, 4.69) is 19.1 Å². The summed E-state index contributed by atoms with van der Waals surface area (Å²) in [6, 6.07) is 0. The lowest BCUT2D eigenvalue weighted by Gasteiger charge is -2.39. The first-order valence-corrected chi connectivity index (χ1v) is 14.5. The number of rotatable bonds is 27. The first-order chi connectivity index (χ1) is 17.3. The van der Waals surface area contributed by atoms with Crippen molar-refractivity contribution in [1.29, 1.82) is 0 Å². The van der Waals surface area contributed by atoms with Crippen molar-refractivity contribution >= 4 is 17.9 Å². The third kappa shape index (κ3) is 22.6. The zero-order chi connectivity index (χ0) is 26.9. The minimum Gasteiger partial charge on any atom is -0.481 e. The second-order valence-electron chi connectivity index (χ2n) is 10.3. The van der Waals surface area contributed by atoms with Crippen LogP contribution >= 0.6 is 0 Å². The van der Waals surface area contributed by atoms with E-state index in [-0.39, 0.29) is 19.3 Å². The second kappa shape index (κ2) is 23.5. The van der Waals surface area contributed by atoms with Gasteiger partial charge in [-0.2, -0.15) is 0 Å². The van der Waals surface area contributed by atoms with E-state index >= 15 is 0 Å². The predicted molar refractivity (Wildman–Crippen MR) is 145 cm³/mol. The van der Waals surface area contributed by atoms with Crippen molar-refractivity contribution in [3.8, 4) is 0 Å². The van der Waals surface area contributed by atoms with Crippen LogP contribution in [0.25, 0.3) is 0 Å². The number of carboxylic acid groups (broad SMARTS) is 3. The van der Waals surface area contributed by atoms with E-state index in [4.69, 9.17) is 15.3 Å². The summed E-state index contributed by atoms with van der Waals surface area (Å²) >= 11 is 0. The molecule has 0 bridgehead atoms. The second-order valence-corrected chi connectivity index (χ2v) is 10.3. The fourth-order valence-electron chi connectivity index (χ4n) is 4.83. The molecular weight excluding hydrogens is 458 g/mol. The highest BCUT2D eigenvalue weighted by atomic mass is 16.4. The number of aliphatic carboxylic acids is 3. The number of allylic oxidation sites excluding steroid dienone is 2. The monoisotopic (exact) mass is 512 g/mol. The van der Waals surface area contributed by atoms with Crippen LogP contribution in [-0.2, 0) is 14.4 Å². The van der Waals surface area contributed by atoms with Gasteiger partial charge in [0.2, 0.25) is 0 Å². The smallest absolute Gasteiger partial charge is 0.303 e. The molecule has 0 saturated heterocycles. The van der Waals surface area contributed by atoms with Crippen LogP contribution in [0.15, 0.2) is 12.2 Å². The summed E-state index contributed by atoms with van der Waals surface area (Å²) in [6.07, 6.45) is 21.7. The zero-order valence-corrected chi connectivity index (χ0v) is 22.9. The SMILES string of the molecule is CCCCC/C=C/CCCCCCC[N+](CCCCC(=O)O)(CCCCC(=O)O)CCCCC(=O)O. The highest BCUT2D eigenvalue weighted by Gasteiger charge is 2.26. The summed E-state index contributed by atoms with van der Waals surface area (Å²) < 4.78 is 0.860. The van der Waals surface area contributed by atoms with Crippen LogP contribution in [0.2, 0.25) is 0 Å². The fraction of sp³-hybridized carbons (Fsp3) is 0.828. The van der Waals surface area contributed by atoms with Gasteiger partial charge in [0.15, 0.2) is 0 Å². The van der Waals surface area contributed by atoms with Crippen LogP contribution in [0, 0.1) is 0 Å². The van der Waals surface area contributed by atoms with Gasteiger partial charge in [-0.15, -0.1) is 0 Å². The number of hydrogen-bond donors (Lipinski definition) is 3. The Hall–Kier alpha value is -1.89. The highest BCUT2D eigenvalue weighted by Crippen LogP contribution is 2.19. The predicted octanol–water partition coefficient (Wildman–Crippen LogP) is 7.05. The maximum Gasteiger partial charge on any atom is 0.303 e. The van der Waals surface area contributed by atoms with E-state index in [9.17, 15) is 14.4 Å². The van der Waals surface area contributed by atoms with Crippen molar-refractivity contribution in [3.63, 3.8) is 0 Å². The molecule has 0 rings (SSSR count). The molecule has 7 heteroatoms. The largest absolute Gasteiger partial charge is 0.481 e. The molecule has 36 heavy (non-hydrogen) atoms. The van der Waals surface area contributed by atoms with Gasteiger partial charge < -0.3 is 19.8 Å². The number of unbranched alkanes of at least 4 members (excludes halogenated alkanes) is 11. The van der Waals surface area contributed by atoms with Crippen LogP contribution in [0.4, 0.5) is 0 Å². The normalized spacial score (nSPS) is 11.8. The van der Waals surface area contributed by atoms with Gasteiger partial charge in [0, 0.05) is 19.3 Å². The lowest BCUT2D eigenvalue weighted by molar-refractivity contribution is -0.929. The maximum absolute atomic E-state index is 10.9. The standard InChI is InChI=1S/C29H53NO6/c1-2-3-4-5-6-7-8-9-10-11-12-16-23-30(24-17-13-20-27(31)32,25-18-14-21-28(33)34)26-19-15-22-29(35)36/h6-7H,2-5,8-26H2,1H3,(H2-,31,32,33,34,35,36)/p+1/b7-6+. The summed E-state index contributed by atoms with van der Waals surface area (Å²) in [6.45, 7) is 5.89. The van der Waals surface area contributed by atoms with Crippen molar-refractivity contribution in [1.82, 2.24) is 0 Å². The molecular formula is C29H54NO6+. The Balaban J connectivity index is 4.68. The average Bonchev–Trinajstić information content (AvgIpc) is 2.82. The lowest BCUT2D eigenvalue weighted by Crippen LogP contribution is -2.51. The van der Waals surface area contributed by atoms with E-state index in [0.29, 0.717) is 19.3 Å². The molecule has 0 unspecified atom stereocenters. The van der Waals surface area contributed by atoms with Crippen molar-refractivity contribution < 1.29 is 34.2 Å². The molecule has 0 saturated carbocycles. The van der Waals surface area contributed by atoms with Gasteiger partial charge in [-0.1, -0.05) is 44.8 Å². The quantitative estimate of drug-likeness (QED) is 0.0618. The fourth-order valence-corrected chi connectivity index (χ4v) is 4.83. The minimum absolute atomic E-state index is 0.172. The number of carbonyl (C=O) groups is 3. The molecule has 3 N–H and O–H groups in total. The number of hydrogen-bond acceptors (Lipinski definition) is 3. The number of nitrogens with zero attached hydrogens (tertiary/aromatic N) is 1. The first-order valence-electron chi connectivity index (χ1n) is 14.5. The summed E-state index contributed by atoms with van der Waals surface area (Å²) in [5.74, 6) is -2.31. The van der Waals surface area contributed by atoms with E-state index in [1.165, 1.54) is 51.4 Å². The Bertz CT molecular complexity index is 550. The number of carboxylic acids is 3. The molecule has 0 amide bonds. The molecule has 210 valence electrons. The molecule has 0 radical (unpaired) electrons. The van der Waals surface area contributed by atoms with Crippen LogP contribution in [0.3, 0.4) is 0 Å². The molecule has 0 fully saturated rings. The topological polar surface area (TPSA) is 112 Å². The van der Waals surface area contributed by atoms with E-state index < -0.39 is 17.9 Å². The van der Waals surface area contributed by atoms with Gasteiger partial charge in [0.25, 0.3) is 0 Å². The summed E-state index contributed by atoms with van der Waals surface area (Å²) in [7, 11) is 0. The Morgan fingerprint density at radius 2 is 0.833 bits per heavy atom. The lowest BCUT2D eigenvalue weighted by atomic mass is 10.1. The number of quaternary nitrogens is 1. The Morgan fingerprint density at radius 3 is 1.22 bits per heavy atom. The average molecular weight is 513 g/mol. The Morgan fingerprint density at radius 1 is 0.500 bits per heavy atom. The molecule has 7 nitrogen and oxygen atoms in total. The van der Waals surface area contributed by atoms with E-state index in [0.717, 1.165) is 62.8 Å². The van der Waals surface area contributed by atoms with Gasteiger partial charge in [-0.25, -0.2) is 0 Å². The molecule has 0 atom stereocenters. The molecule has 0 aliphatic carbocycles. The van der Waals surface area contributed by atoms with Crippen molar-refractivity contribution in [2.45, 2.75) is 129 Å². The van der Waals surface area contributed by atoms with E-state index in [1.807, 2.05) is 0 Å². The Labute approximate surface area is 219 Å². The highest BCUT2D eigenvalue weighted by molar-refractivity contribution is 5.67. The van der Waals surface area contributed by atoms with Crippen molar-refractivity contribution in [2.24, 2.45) is 0 Å². The van der Waals surface area contributed by atoms with Crippen LogP contribution in [-0.4, -0.2) is 63.9 Å². The van der Waals surface area contributed by atoms with Crippen LogP contribution < -0.4 is 0 Å². The van der Waals surface area contributed by atoms with Crippen LogP contribution in [0.5, 0.6) is 0 Å². The maximum atomic E-state index is 10.9. The molecule has 0 aromatic heterocycles. The van der Waals surface area contributed by atoms with Gasteiger partial charge in [-0.05, 0) is 77.0 Å². The first kappa shape index (κ1) is 34.1. The summed E-state index contributed by atoms with van der Waals surface area (Å²) in [5.41, 5.74) is 0. The van der Waals surface area contributed by atoms with Gasteiger partial charge in [-0.3, -0.25) is 14.4 Å². The molecule has 0 aromatic carbocycles. The van der Waals surface area contributed by atoms with Crippen LogP contribution in [0.1, 0.15) is 129 Å². The molecule has 0 heterocycles. The van der Waals surface area contributed by atoms with Gasteiger partial charge in [0.05, 0.1) is 26.2 Å². The molecule has 0 spiro atoms. The minimum atomic E-state index is -0.771. The van der Waals surface area contributed by atoms with Gasteiger partial charge >= 0.3 is 17.9 Å². The third-order valence-corrected chi connectivity index (χ3v) is 6.96. The van der Waals surface area contributed by atoms with Crippen molar-refractivity contribution in [3.05, 3.63) is 12.2 Å². The van der Waals surface area contributed by atoms with E-state index in [1.54, 1.807) is 0 Å². The van der Waals surface area contributed by atoms with Gasteiger partial charge in [0.1, 0.15) is 0 Å². The molecule has 0 aliphatic heterocycles. The third-order valence-electron chi connectivity index (χ3n) is 6.96.